The van der Waals surface area contributed by atoms with E-state index in [-0.39, 0.29) is 120 Å². The van der Waals surface area contributed by atoms with Crippen LogP contribution < -0.4 is 100 Å². The maximum atomic E-state index is 8.23. The molecule has 8 bridgehead atoms. The Kier molecular flexibility index (Phi) is 53.1. The molecule has 0 saturated carbocycles. The lowest BCUT2D eigenvalue weighted by Gasteiger charge is -2.50. The van der Waals surface area contributed by atoms with Crippen molar-refractivity contribution in [2.24, 2.45) is 32.9 Å². The van der Waals surface area contributed by atoms with Crippen LogP contribution in [-0.4, -0.2) is 277 Å². The van der Waals surface area contributed by atoms with E-state index < -0.39 is 0 Å². The van der Waals surface area contributed by atoms with Crippen LogP contribution in [0, 0.1) is 16.9 Å². The number of fused-ring (bicyclic) bond motifs is 12. The van der Waals surface area contributed by atoms with Crippen LogP contribution in [0.2, 0.25) is 0 Å². The molecule has 84 heavy (non-hydrogen) atoms. The first-order valence-electron chi connectivity index (χ1n) is 29.0. The molecule has 0 spiro atoms. The Bertz CT molecular complexity index is 1940. The summed E-state index contributed by atoms with van der Waals surface area (Å²) in [4.78, 5) is 21.8. The molecule has 18 nitrogen and oxygen atoms in total. The molecule has 2 aromatic rings. The van der Waals surface area contributed by atoms with Crippen molar-refractivity contribution in [1.82, 2.24) is 34.7 Å². The van der Waals surface area contributed by atoms with Gasteiger partial charge < -0.3 is 119 Å². The Hall–Kier alpha value is -0.0400. The zero-order valence-corrected chi connectivity index (χ0v) is 60.9. The van der Waals surface area contributed by atoms with Crippen molar-refractivity contribution < 1.29 is 85.4 Å². The highest BCUT2D eigenvalue weighted by atomic mass is 127. The molecule has 2 aromatic carbocycles. The highest BCUT2D eigenvalue weighted by Gasteiger charge is 2.40. The third-order valence-electron chi connectivity index (χ3n) is 17.0. The summed E-state index contributed by atoms with van der Waals surface area (Å²) in [5, 5.41) is 19.5. The molecule has 0 aliphatic carbocycles. The Morgan fingerprint density at radius 1 is 0.488 bits per heavy atom. The van der Waals surface area contributed by atoms with Crippen LogP contribution in [0.25, 0.3) is 0 Å². The number of guanidine groups is 3. The molecule has 0 amide bonds. The molecule has 488 valence electrons. The topological polar surface area (TPSA) is 208 Å². The quantitative estimate of drug-likeness (QED) is 0.0156. The fraction of sp³-hybridized carbons (Fsp3) is 0.733. The van der Waals surface area contributed by atoms with Crippen molar-refractivity contribution in [3.63, 3.8) is 0 Å². The van der Waals surface area contributed by atoms with E-state index in [2.05, 4.69) is 150 Å². The lowest BCUT2D eigenvalue weighted by atomic mass is 10.1. The molecular formula is C60H116I6N18. The van der Waals surface area contributed by atoms with Crippen LogP contribution >= 0.6 is 67.8 Å². The van der Waals surface area contributed by atoms with E-state index in [1.165, 1.54) is 247 Å². The highest BCUT2D eigenvalue weighted by Crippen LogP contribution is 2.22. The zero-order chi connectivity index (χ0) is 55.0. The molecule has 0 unspecified atom stereocenters. The molecule has 0 radical (unpaired) electrons. The molecule has 12 heterocycles. The third kappa shape index (κ3) is 34.4. The van der Waals surface area contributed by atoms with Gasteiger partial charge in [0.05, 0.1) is 78.5 Å². The van der Waals surface area contributed by atoms with Crippen LogP contribution in [0.3, 0.4) is 0 Å². The number of nitrogens with one attached hydrogen (secondary N) is 2. The average molecular weight is 1850 g/mol. The maximum absolute atomic E-state index is 8.23. The van der Waals surface area contributed by atoms with Gasteiger partial charge >= 0.3 is 0 Å². The number of nitrogens with two attached hydrogens (primary N) is 4. The number of aliphatic imine (C=N–C) groups is 2. The molecule has 0 atom stereocenters. The maximum Gasteiger partial charge on any atom is 0.221 e. The second kappa shape index (κ2) is 50.6. The molecular weight excluding hydrogens is 1730 g/mol. The van der Waals surface area contributed by atoms with Gasteiger partial charge in [0, 0.05) is 150 Å². The number of alkyl halides is 3. The molecule has 14 rings (SSSR count). The largest absolute Gasteiger partial charge is 1.00 e. The summed E-state index contributed by atoms with van der Waals surface area (Å²) in [6, 6.07) is 21.1. The summed E-state index contributed by atoms with van der Waals surface area (Å²) in [6.07, 6.45) is 8.62. The SMILES string of the molecule is C.C.C.C.C1CN2CCN1CC2.ICCCI.ICCC[N+]12CCN(CC1)CC2.N#CN=C(N)N.N=C(N=C(N)N)N(CCC[N+]12CCN(CC1)CC2)CCc1ccccc1.[I-].[I-].[I-].c1ccc(CCNCCC[N+]23CCN(CC2)CC3)cc1. The van der Waals surface area contributed by atoms with Gasteiger partial charge in [-0.1, -0.05) is 158 Å². The molecule has 12 aliphatic rings. The summed E-state index contributed by atoms with van der Waals surface area (Å²) < 4.78 is 8.04. The van der Waals surface area contributed by atoms with Crippen LogP contribution in [0.1, 0.15) is 66.5 Å². The predicted molar refractivity (Wildman–Crippen MR) is 373 cm³/mol. The fourth-order valence-corrected chi connectivity index (χ4v) is 14.4. The normalized spacial score (nSPS) is 25.3. The van der Waals surface area contributed by atoms with E-state index in [9.17, 15) is 0 Å². The van der Waals surface area contributed by atoms with E-state index in [1.54, 1.807) is 0 Å². The van der Waals surface area contributed by atoms with E-state index in [1.807, 2.05) is 23.1 Å². The van der Waals surface area contributed by atoms with E-state index >= 15 is 0 Å². The standard InChI is InChI=1S/C19H32N7.C17H28N3.C9H18IN2.C6H12N2.C3H6I2.C2H4N4.4CH4.3HI/c20-18(21)23-19(22)25(9-7-17-5-2-1-3-6-17)8-4-13-26-14-10-24(11-15-26)12-16-26;1-2-5-17(6-3-1)7-9-18-8-4-13-20-14-10-19(11-15-20)12-16-20;10-2-1-6-12-7-3-11(4-8-12)5-9-12;1-2-8-5-3-7(1)4-6-8;4-2-1-3-5;3-1-6-2(4)5;;;;;;;/h1-3,5-6H,4,7-16H2,(H5,20,21,22,23);1-3,5-6,18H,4,7-16H2;1-9H2;1-6H2;1-3H2;(H4,4,5,6);4*1H4;3*1H/q3*+1;;;;;;;;;;/p-3. The van der Waals surface area contributed by atoms with Gasteiger partial charge in [0.2, 0.25) is 18.1 Å². The Morgan fingerprint density at radius 3 is 1.14 bits per heavy atom. The van der Waals surface area contributed by atoms with Crippen LogP contribution in [0.5, 0.6) is 0 Å². The number of rotatable bonds is 19. The van der Waals surface area contributed by atoms with Crippen molar-refractivity contribution in [2.45, 2.75) is 68.2 Å². The average Bonchev–Trinajstić information content (AvgIpc) is 3.57. The molecule has 10 N–H and O–H groups in total. The van der Waals surface area contributed by atoms with Gasteiger partial charge in [0.1, 0.15) is 0 Å². The van der Waals surface area contributed by atoms with Gasteiger partial charge in [0.25, 0.3) is 0 Å². The second-order valence-corrected chi connectivity index (χ2v) is 25.3. The number of quaternary nitrogens is 3. The van der Waals surface area contributed by atoms with Gasteiger partial charge in [0.15, 0.2) is 5.96 Å². The van der Waals surface area contributed by atoms with Crippen molar-refractivity contribution in [3.05, 3.63) is 71.8 Å². The summed E-state index contributed by atoms with van der Waals surface area (Å²) in [7, 11) is 0. The first kappa shape index (κ1) is 88.2. The number of benzene rings is 2. The first-order valence-corrected chi connectivity index (χ1v) is 33.5. The van der Waals surface area contributed by atoms with Crippen LogP contribution in [-0.2, 0) is 12.8 Å². The van der Waals surface area contributed by atoms with Gasteiger partial charge in [-0.15, -0.1) is 4.99 Å². The van der Waals surface area contributed by atoms with E-state index in [0.29, 0.717) is 0 Å². The number of nitrogens with zero attached hydrogens (tertiary/aromatic N) is 12. The molecule has 12 aliphatic heterocycles. The van der Waals surface area contributed by atoms with Crippen molar-refractivity contribution in [1.29, 1.82) is 10.7 Å². The molecule has 24 heteroatoms. The van der Waals surface area contributed by atoms with E-state index in [0.717, 1.165) is 38.9 Å². The Morgan fingerprint density at radius 2 is 0.833 bits per heavy atom. The Labute approximate surface area is 604 Å². The van der Waals surface area contributed by atoms with Crippen LogP contribution in [0.15, 0.2) is 70.6 Å². The van der Waals surface area contributed by atoms with Gasteiger partial charge in [-0.3, -0.25) is 29.9 Å². The Balaban J connectivity index is -0.00000100. The summed E-state index contributed by atoms with van der Waals surface area (Å²) in [6.45, 7) is 39.9. The summed E-state index contributed by atoms with van der Waals surface area (Å²) >= 11 is 7.26. The van der Waals surface area contributed by atoms with Crippen molar-refractivity contribution >= 4 is 85.7 Å². The zero-order valence-electron chi connectivity index (χ0n) is 48.0. The lowest BCUT2D eigenvalue weighted by molar-refractivity contribution is -0.941. The predicted octanol–water partition coefficient (Wildman–Crippen LogP) is -3.25. The number of hydrogen-bond donors (Lipinski definition) is 6. The van der Waals surface area contributed by atoms with Crippen LogP contribution in [0.4, 0.5) is 0 Å². The molecule has 0 aromatic heterocycles. The number of hydrogen-bond acceptors (Lipinski definition) is 9. The summed E-state index contributed by atoms with van der Waals surface area (Å²) in [5.74, 6) is -0.0735. The molecule has 12 saturated heterocycles. The smallest absolute Gasteiger partial charge is 0.221 e. The summed E-state index contributed by atoms with van der Waals surface area (Å²) in [5.41, 5.74) is 23.1. The fourth-order valence-electron chi connectivity index (χ4n) is 11.8. The third-order valence-corrected chi connectivity index (χ3v) is 19.2. The van der Waals surface area contributed by atoms with Gasteiger partial charge in [-0.2, -0.15) is 10.3 Å². The second-order valence-electron chi connectivity index (χ2n) is 22.1. The van der Waals surface area contributed by atoms with E-state index in [4.69, 9.17) is 33.6 Å². The number of nitriles is 1. The number of piperazine rings is 12. The minimum Gasteiger partial charge on any atom is -1.00 e. The monoisotopic (exact) mass is 1850 g/mol. The van der Waals surface area contributed by atoms with Crippen molar-refractivity contribution in [2.75, 3.05) is 216 Å². The van der Waals surface area contributed by atoms with Crippen molar-refractivity contribution in [3.8, 4) is 6.19 Å². The first-order chi connectivity index (χ1) is 37.4. The molecule has 12 fully saturated rings. The highest BCUT2D eigenvalue weighted by molar-refractivity contribution is 14.1. The lowest BCUT2D eigenvalue weighted by Crippen LogP contribution is -3.00. The minimum absolute atomic E-state index is 0. The minimum atomic E-state index is -0.197. The van der Waals surface area contributed by atoms with Gasteiger partial charge in [-0.25, -0.2) is 0 Å². The van der Waals surface area contributed by atoms with Gasteiger partial charge in [-0.05, 0) is 36.9 Å². The number of halogens is 6.